The van der Waals surface area contributed by atoms with E-state index in [2.05, 4.69) is 23.4 Å². The van der Waals surface area contributed by atoms with Gasteiger partial charge in [-0.3, -0.25) is 4.98 Å². The number of hydrogen-bond acceptors (Lipinski definition) is 4. The zero-order valence-corrected chi connectivity index (χ0v) is 17.8. The lowest BCUT2D eigenvalue weighted by Gasteiger charge is -2.11. The molecule has 0 saturated carbocycles. The monoisotopic (exact) mass is 399 g/mol. The van der Waals surface area contributed by atoms with Gasteiger partial charge in [0.2, 0.25) is 0 Å². The first-order chi connectivity index (χ1) is 13.4. The number of aryl methyl sites for hydroxylation is 4. The van der Waals surface area contributed by atoms with Crippen LogP contribution in [0.15, 0.2) is 41.4 Å². The predicted octanol–water partition coefficient (Wildman–Crippen LogP) is 4.64. The van der Waals surface area contributed by atoms with Crippen molar-refractivity contribution in [2.45, 2.75) is 64.3 Å². The highest BCUT2D eigenvalue weighted by molar-refractivity contribution is 7.91. The number of unbranched alkanes of at least 4 members (excludes halogenated alkanes) is 2. The van der Waals surface area contributed by atoms with Crippen LogP contribution in [0.5, 0.6) is 0 Å². The Hall–Kier alpha value is -2.21. The Labute approximate surface area is 167 Å². The van der Waals surface area contributed by atoms with Crippen LogP contribution in [-0.2, 0) is 22.8 Å². The molecule has 0 fully saturated rings. The maximum atomic E-state index is 12.5. The van der Waals surface area contributed by atoms with E-state index < -0.39 is 9.84 Å². The fourth-order valence-electron chi connectivity index (χ4n) is 3.50. The van der Waals surface area contributed by atoms with E-state index in [0.717, 1.165) is 60.3 Å². The third kappa shape index (κ3) is 4.43. The molecule has 2 heterocycles. The van der Waals surface area contributed by atoms with E-state index in [-0.39, 0.29) is 5.75 Å². The lowest BCUT2D eigenvalue weighted by molar-refractivity contribution is 0.577. The molecule has 3 aromatic rings. The van der Waals surface area contributed by atoms with Crippen LogP contribution in [0.4, 0.5) is 0 Å². The summed E-state index contributed by atoms with van der Waals surface area (Å²) in [6.07, 6.45) is 6.44. The van der Waals surface area contributed by atoms with Crippen LogP contribution >= 0.6 is 0 Å². The number of imidazole rings is 1. The smallest absolute Gasteiger partial charge is 0.178 e. The largest absolute Gasteiger partial charge is 0.328 e. The maximum Gasteiger partial charge on any atom is 0.178 e. The van der Waals surface area contributed by atoms with Gasteiger partial charge in [-0.2, -0.15) is 0 Å². The average Bonchev–Trinajstić information content (AvgIpc) is 3.05. The molecule has 0 aliphatic heterocycles. The fourth-order valence-corrected chi connectivity index (χ4v) is 4.90. The van der Waals surface area contributed by atoms with Gasteiger partial charge in [0.1, 0.15) is 11.3 Å². The third-order valence-electron chi connectivity index (χ3n) is 5.25. The Morgan fingerprint density at radius 3 is 2.50 bits per heavy atom. The molecule has 0 atom stereocenters. The molecular formula is C22H29N3O2S. The normalized spacial score (nSPS) is 12.0. The van der Waals surface area contributed by atoms with Crippen molar-refractivity contribution in [3.63, 3.8) is 0 Å². The Balaban J connectivity index is 1.75. The summed E-state index contributed by atoms with van der Waals surface area (Å²) in [4.78, 5) is 9.66. The first kappa shape index (κ1) is 20.5. The molecule has 0 saturated heterocycles. The highest BCUT2D eigenvalue weighted by atomic mass is 32.2. The van der Waals surface area contributed by atoms with Gasteiger partial charge >= 0.3 is 0 Å². The van der Waals surface area contributed by atoms with Crippen molar-refractivity contribution in [2.75, 3.05) is 5.75 Å². The van der Waals surface area contributed by atoms with Gasteiger partial charge in [0.15, 0.2) is 9.84 Å². The minimum absolute atomic E-state index is 0.174. The molecule has 0 aliphatic carbocycles. The predicted molar refractivity (Wildman–Crippen MR) is 113 cm³/mol. The number of hydrogen-bond donors (Lipinski definition) is 0. The van der Waals surface area contributed by atoms with Crippen molar-refractivity contribution >= 4 is 20.9 Å². The second-order valence-electron chi connectivity index (χ2n) is 7.32. The van der Waals surface area contributed by atoms with E-state index in [0.29, 0.717) is 11.3 Å². The summed E-state index contributed by atoms with van der Waals surface area (Å²) in [6.45, 7) is 7.07. The average molecular weight is 400 g/mol. The summed E-state index contributed by atoms with van der Waals surface area (Å²) in [5.74, 6) is 1.26. The van der Waals surface area contributed by atoms with Crippen molar-refractivity contribution in [3.8, 4) is 0 Å². The molecule has 150 valence electrons. The van der Waals surface area contributed by atoms with Crippen LogP contribution in [0.2, 0.25) is 0 Å². The van der Waals surface area contributed by atoms with Gasteiger partial charge in [0.25, 0.3) is 0 Å². The van der Waals surface area contributed by atoms with Gasteiger partial charge in [-0.25, -0.2) is 13.4 Å². The Kier molecular flexibility index (Phi) is 6.50. The van der Waals surface area contributed by atoms with Crippen LogP contribution in [-0.4, -0.2) is 28.7 Å². The van der Waals surface area contributed by atoms with Crippen molar-refractivity contribution in [1.82, 2.24) is 14.5 Å². The summed E-state index contributed by atoms with van der Waals surface area (Å²) >= 11 is 0. The lowest BCUT2D eigenvalue weighted by Crippen LogP contribution is -2.10. The van der Waals surface area contributed by atoms with E-state index >= 15 is 0 Å². The second-order valence-corrected chi connectivity index (χ2v) is 9.43. The molecule has 0 bridgehead atoms. The van der Waals surface area contributed by atoms with E-state index in [9.17, 15) is 8.42 Å². The van der Waals surface area contributed by atoms with Gasteiger partial charge in [0, 0.05) is 18.7 Å². The molecule has 0 N–H and O–H groups in total. The maximum absolute atomic E-state index is 12.5. The lowest BCUT2D eigenvalue weighted by atomic mass is 10.2. The zero-order chi connectivity index (χ0) is 20.1. The van der Waals surface area contributed by atoms with Crippen LogP contribution in [0.25, 0.3) is 11.0 Å². The minimum atomic E-state index is -3.22. The molecular weight excluding hydrogens is 370 g/mol. The number of aromatic nitrogens is 3. The molecule has 0 amide bonds. The highest BCUT2D eigenvalue weighted by Crippen LogP contribution is 2.23. The molecule has 6 heteroatoms. The number of nitrogens with zero attached hydrogens (tertiary/aromatic N) is 3. The SMILES string of the molecule is CCCCc1nc2cnc(C)c(C)c2n1CCCCS(=O)(=O)c1ccccc1. The molecule has 0 unspecified atom stereocenters. The van der Waals surface area contributed by atoms with Crippen molar-refractivity contribution in [3.05, 3.63) is 53.6 Å². The molecule has 3 rings (SSSR count). The summed E-state index contributed by atoms with van der Waals surface area (Å²) in [5.41, 5.74) is 4.25. The van der Waals surface area contributed by atoms with Crippen molar-refractivity contribution in [1.29, 1.82) is 0 Å². The molecule has 0 aliphatic rings. The Morgan fingerprint density at radius 1 is 1.04 bits per heavy atom. The first-order valence-electron chi connectivity index (χ1n) is 10.0. The quantitative estimate of drug-likeness (QED) is 0.492. The third-order valence-corrected chi connectivity index (χ3v) is 7.07. The van der Waals surface area contributed by atoms with Crippen LogP contribution in [0, 0.1) is 13.8 Å². The zero-order valence-electron chi connectivity index (χ0n) is 17.0. The summed E-state index contributed by atoms with van der Waals surface area (Å²) in [7, 11) is -3.22. The topological polar surface area (TPSA) is 64.8 Å². The molecule has 0 spiro atoms. The van der Waals surface area contributed by atoms with E-state index in [4.69, 9.17) is 4.98 Å². The van der Waals surface area contributed by atoms with E-state index in [1.54, 1.807) is 24.3 Å². The number of benzene rings is 1. The highest BCUT2D eigenvalue weighted by Gasteiger charge is 2.16. The number of sulfone groups is 1. The summed E-state index contributed by atoms with van der Waals surface area (Å²) < 4.78 is 27.3. The van der Waals surface area contributed by atoms with Crippen molar-refractivity contribution in [2.24, 2.45) is 0 Å². The van der Waals surface area contributed by atoms with Gasteiger partial charge in [-0.1, -0.05) is 31.5 Å². The van der Waals surface area contributed by atoms with Crippen LogP contribution in [0.3, 0.4) is 0 Å². The van der Waals surface area contributed by atoms with Crippen LogP contribution < -0.4 is 0 Å². The fraction of sp³-hybridized carbons (Fsp3) is 0.455. The Bertz CT molecular complexity index is 1040. The van der Waals surface area contributed by atoms with Crippen molar-refractivity contribution < 1.29 is 8.42 Å². The molecule has 1 aromatic carbocycles. The van der Waals surface area contributed by atoms with Gasteiger partial charge in [-0.05, 0) is 50.8 Å². The molecule has 5 nitrogen and oxygen atoms in total. The first-order valence-corrected chi connectivity index (χ1v) is 11.7. The Morgan fingerprint density at radius 2 is 1.79 bits per heavy atom. The van der Waals surface area contributed by atoms with Gasteiger partial charge < -0.3 is 4.57 Å². The van der Waals surface area contributed by atoms with E-state index in [1.807, 2.05) is 19.2 Å². The standard InChI is InChI=1S/C22H29N3O2S/c1-4-5-13-21-24-20-16-23-18(3)17(2)22(20)25(21)14-9-10-15-28(26,27)19-11-7-6-8-12-19/h6-8,11-12,16H,4-5,9-10,13-15H2,1-3H3. The van der Waals surface area contributed by atoms with Gasteiger partial charge in [-0.15, -0.1) is 0 Å². The minimum Gasteiger partial charge on any atom is -0.328 e. The summed E-state index contributed by atoms with van der Waals surface area (Å²) in [5, 5.41) is 0. The molecule has 2 aromatic heterocycles. The number of rotatable bonds is 9. The molecule has 0 radical (unpaired) electrons. The second kappa shape index (κ2) is 8.86. The summed E-state index contributed by atoms with van der Waals surface area (Å²) in [6, 6.07) is 8.70. The number of pyridine rings is 1. The molecule has 28 heavy (non-hydrogen) atoms. The van der Waals surface area contributed by atoms with E-state index in [1.165, 1.54) is 0 Å². The van der Waals surface area contributed by atoms with Crippen LogP contribution in [0.1, 0.15) is 49.7 Å². The van der Waals surface area contributed by atoms with Gasteiger partial charge in [0.05, 0.1) is 22.4 Å². The number of fused-ring (bicyclic) bond motifs is 1.